The molecule has 0 aliphatic heterocycles. The van der Waals surface area contributed by atoms with Crippen molar-refractivity contribution in [2.24, 2.45) is 10.7 Å². The molecule has 0 radical (unpaired) electrons. The van der Waals surface area contributed by atoms with E-state index >= 15 is 0 Å². The minimum atomic E-state index is 0.379. The van der Waals surface area contributed by atoms with Gasteiger partial charge in [-0.25, -0.2) is 0 Å². The highest BCUT2D eigenvalue weighted by atomic mass is 16.5. The maximum absolute atomic E-state index is 5.98. The van der Waals surface area contributed by atoms with E-state index in [1.165, 1.54) is 0 Å². The lowest BCUT2D eigenvalue weighted by molar-refractivity contribution is 0.306. The minimum absolute atomic E-state index is 0.379. The van der Waals surface area contributed by atoms with Crippen molar-refractivity contribution in [3.05, 3.63) is 90.0 Å². The lowest BCUT2D eigenvalue weighted by atomic mass is 10.1. The molecule has 3 rings (SSSR count). The van der Waals surface area contributed by atoms with Crippen molar-refractivity contribution < 1.29 is 9.47 Å². The van der Waals surface area contributed by atoms with Gasteiger partial charge in [0, 0.05) is 18.3 Å². The van der Waals surface area contributed by atoms with Crippen molar-refractivity contribution in [2.45, 2.75) is 13.0 Å². The highest BCUT2D eigenvalue weighted by Crippen LogP contribution is 2.17. The van der Waals surface area contributed by atoms with Crippen LogP contribution in [0.1, 0.15) is 11.1 Å². The summed E-state index contributed by atoms with van der Waals surface area (Å²) < 4.78 is 11.1. The molecule has 144 valence electrons. The smallest absolute Gasteiger partial charge is 0.193 e. The van der Waals surface area contributed by atoms with Crippen molar-refractivity contribution in [3.8, 4) is 11.5 Å². The normalized spacial score (nSPS) is 11.1. The summed E-state index contributed by atoms with van der Waals surface area (Å²) in [4.78, 5) is 4.40. The summed E-state index contributed by atoms with van der Waals surface area (Å²) in [7, 11) is 1.63. The van der Waals surface area contributed by atoms with Crippen LogP contribution in [0.25, 0.3) is 0 Å². The van der Waals surface area contributed by atoms with E-state index in [4.69, 9.17) is 15.2 Å². The zero-order valence-electron chi connectivity index (χ0n) is 16.0. The molecule has 0 saturated heterocycles. The number of hydrogen-bond acceptors (Lipinski definition) is 3. The lowest BCUT2D eigenvalue weighted by Gasteiger charge is -2.09. The molecule has 0 aliphatic carbocycles. The number of ether oxygens (including phenoxy) is 2. The highest BCUT2D eigenvalue weighted by Gasteiger charge is 2.00. The molecule has 3 aromatic rings. The number of nitrogens with zero attached hydrogens (tertiary/aromatic N) is 1. The number of benzene rings is 3. The number of guanidine groups is 1. The fraction of sp³-hybridized carbons (Fsp3) is 0.174. The maximum atomic E-state index is 5.98. The monoisotopic (exact) mass is 375 g/mol. The van der Waals surface area contributed by atoms with E-state index in [-0.39, 0.29) is 0 Å². The Bertz CT molecular complexity index is 910. The van der Waals surface area contributed by atoms with Crippen LogP contribution >= 0.6 is 0 Å². The SMILES string of the molecule is COc1cccc(NC(N)=NCCc2cccc(OCc3ccccc3)c2)c1. The van der Waals surface area contributed by atoms with Crippen molar-refractivity contribution in [3.63, 3.8) is 0 Å². The molecule has 5 nitrogen and oxygen atoms in total. The van der Waals surface area contributed by atoms with Gasteiger partial charge in [0.1, 0.15) is 18.1 Å². The molecule has 0 aromatic heterocycles. The number of anilines is 1. The number of methoxy groups -OCH3 is 1. The van der Waals surface area contributed by atoms with Gasteiger partial charge in [0.05, 0.1) is 7.11 Å². The van der Waals surface area contributed by atoms with Crippen molar-refractivity contribution in [1.29, 1.82) is 0 Å². The summed E-state index contributed by atoms with van der Waals surface area (Å²) in [6.45, 7) is 1.14. The standard InChI is InChI=1S/C23H25N3O2/c1-27-21-11-6-10-20(16-21)26-23(24)25-14-13-18-9-5-12-22(15-18)28-17-19-7-3-2-4-8-19/h2-12,15-16H,13-14,17H2,1H3,(H3,24,25,26). The second kappa shape index (κ2) is 10.0. The molecule has 3 aromatic carbocycles. The molecular weight excluding hydrogens is 350 g/mol. The second-order valence-electron chi connectivity index (χ2n) is 6.30. The average Bonchev–Trinajstić information content (AvgIpc) is 2.73. The van der Waals surface area contributed by atoms with Crippen LogP contribution in [0.2, 0.25) is 0 Å². The van der Waals surface area contributed by atoms with Crippen LogP contribution in [-0.2, 0) is 13.0 Å². The predicted molar refractivity (Wildman–Crippen MR) is 114 cm³/mol. The molecule has 0 amide bonds. The molecule has 0 saturated carbocycles. The van der Waals surface area contributed by atoms with E-state index in [2.05, 4.69) is 28.5 Å². The molecule has 0 fully saturated rings. The number of aliphatic imine (C=N–C) groups is 1. The van der Waals surface area contributed by atoms with Crippen LogP contribution in [-0.4, -0.2) is 19.6 Å². The molecule has 0 unspecified atom stereocenters. The Hall–Kier alpha value is -3.47. The van der Waals surface area contributed by atoms with E-state index in [9.17, 15) is 0 Å². The van der Waals surface area contributed by atoms with Gasteiger partial charge in [-0.2, -0.15) is 0 Å². The number of hydrogen-bond donors (Lipinski definition) is 2. The molecule has 0 aliphatic rings. The highest BCUT2D eigenvalue weighted by molar-refractivity contribution is 5.92. The van der Waals surface area contributed by atoms with Gasteiger partial charge in [0.25, 0.3) is 0 Å². The fourth-order valence-electron chi connectivity index (χ4n) is 2.73. The first-order chi connectivity index (χ1) is 13.7. The van der Waals surface area contributed by atoms with Crippen LogP contribution in [0.5, 0.6) is 11.5 Å². The number of nitrogens with two attached hydrogens (primary N) is 1. The van der Waals surface area contributed by atoms with E-state index in [1.807, 2.05) is 60.7 Å². The summed E-state index contributed by atoms with van der Waals surface area (Å²) in [5.41, 5.74) is 9.12. The lowest BCUT2D eigenvalue weighted by Crippen LogP contribution is -2.23. The fourth-order valence-corrected chi connectivity index (χ4v) is 2.73. The van der Waals surface area contributed by atoms with Gasteiger partial charge in [-0.05, 0) is 41.8 Å². The zero-order valence-corrected chi connectivity index (χ0v) is 16.0. The van der Waals surface area contributed by atoms with Gasteiger partial charge in [-0.15, -0.1) is 0 Å². The summed E-state index contributed by atoms with van der Waals surface area (Å²) in [5.74, 6) is 2.00. The zero-order chi connectivity index (χ0) is 19.6. The van der Waals surface area contributed by atoms with E-state index in [1.54, 1.807) is 7.11 Å². The molecule has 3 N–H and O–H groups in total. The Kier molecular flexibility index (Phi) is 6.90. The first-order valence-corrected chi connectivity index (χ1v) is 9.19. The van der Waals surface area contributed by atoms with Gasteiger partial charge in [-0.1, -0.05) is 48.5 Å². The Morgan fingerprint density at radius 1 is 0.893 bits per heavy atom. The Balaban J connectivity index is 1.50. The van der Waals surface area contributed by atoms with Crippen LogP contribution in [0, 0.1) is 0 Å². The third-order valence-electron chi connectivity index (χ3n) is 4.17. The third kappa shape index (κ3) is 6.06. The van der Waals surface area contributed by atoms with Gasteiger partial charge in [0.2, 0.25) is 0 Å². The number of rotatable bonds is 8. The predicted octanol–water partition coefficient (Wildman–Crippen LogP) is 4.24. The largest absolute Gasteiger partial charge is 0.497 e. The summed E-state index contributed by atoms with van der Waals surface area (Å²) in [6.07, 6.45) is 0.781. The van der Waals surface area contributed by atoms with Gasteiger partial charge < -0.3 is 20.5 Å². The number of nitrogens with one attached hydrogen (secondary N) is 1. The Morgan fingerprint density at radius 2 is 1.64 bits per heavy atom. The maximum Gasteiger partial charge on any atom is 0.193 e. The molecule has 28 heavy (non-hydrogen) atoms. The summed E-state index contributed by atoms with van der Waals surface area (Å²) >= 11 is 0. The van der Waals surface area contributed by atoms with Gasteiger partial charge in [0.15, 0.2) is 5.96 Å². The van der Waals surface area contributed by atoms with E-state index < -0.39 is 0 Å². The Labute approximate surface area is 165 Å². The van der Waals surface area contributed by atoms with Crippen LogP contribution in [0.4, 0.5) is 5.69 Å². The summed E-state index contributed by atoms with van der Waals surface area (Å²) in [5, 5.41) is 3.08. The van der Waals surface area contributed by atoms with Crippen LogP contribution in [0.3, 0.4) is 0 Å². The van der Waals surface area contributed by atoms with Crippen molar-refractivity contribution >= 4 is 11.6 Å². The Morgan fingerprint density at radius 3 is 2.46 bits per heavy atom. The topological polar surface area (TPSA) is 68.9 Å². The molecule has 0 heterocycles. The minimum Gasteiger partial charge on any atom is -0.497 e. The molecule has 0 atom stereocenters. The molecule has 5 heteroatoms. The van der Waals surface area contributed by atoms with Crippen molar-refractivity contribution in [2.75, 3.05) is 19.0 Å². The van der Waals surface area contributed by atoms with Crippen molar-refractivity contribution in [1.82, 2.24) is 0 Å². The molecule has 0 bridgehead atoms. The van der Waals surface area contributed by atoms with E-state index in [0.29, 0.717) is 19.1 Å². The van der Waals surface area contributed by atoms with Crippen LogP contribution < -0.4 is 20.5 Å². The van der Waals surface area contributed by atoms with Gasteiger partial charge >= 0.3 is 0 Å². The first-order valence-electron chi connectivity index (χ1n) is 9.19. The first kappa shape index (κ1) is 19.3. The quantitative estimate of drug-likeness (QED) is 0.456. The average molecular weight is 375 g/mol. The third-order valence-corrected chi connectivity index (χ3v) is 4.17. The molecular formula is C23H25N3O2. The van der Waals surface area contributed by atoms with E-state index in [0.717, 1.165) is 34.7 Å². The second-order valence-corrected chi connectivity index (χ2v) is 6.30. The summed E-state index contributed by atoms with van der Waals surface area (Å²) in [6, 6.07) is 25.8. The van der Waals surface area contributed by atoms with Gasteiger partial charge in [-0.3, -0.25) is 4.99 Å². The molecule has 0 spiro atoms. The van der Waals surface area contributed by atoms with Crippen LogP contribution in [0.15, 0.2) is 83.9 Å².